The van der Waals surface area contributed by atoms with E-state index in [-0.39, 0.29) is 50.5 Å². The fraction of sp³-hybridized carbons (Fsp3) is 0.261. The average Bonchev–Trinajstić information content (AvgIpc) is 3.14. The molecule has 0 amide bonds. The molecule has 0 spiro atoms. The zero-order chi connectivity index (χ0) is 26.6. The summed E-state index contributed by atoms with van der Waals surface area (Å²) in [5, 5.41) is 0.648. The maximum Gasteiger partial charge on any atom is 0.431 e. The third kappa shape index (κ3) is 4.39. The molecule has 0 atom stereocenters. The summed E-state index contributed by atoms with van der Waals surface area (Å²) in [7, 11) is -2.41. The van der Waals surface area contributed by atoms with Crippen LogP contribution in [0.4, 0.5) is 13.2 Å². The van der Waals surface area contributed by atoms with Gasteiger partial charge >= 0.3 is 6.18 Å². The van der Waals surface area contributed by atoms with Gasteiger partial charge in [-0.3, -0.25) is 4.79 Å². The largest absolute Gasteiger partial charge is 0.431 e. The Morgan fingerprint density at radius 1 is 1.03 bits per heavy atom. The Balaban J connectivity index is 2.08. The van der Waals surface area contributed by atoms with Gasteiger partial charge in [0.25, 0.3) is 5.56 Å². The molecule has 0 radical (unpaired) electrons. The van der Waals surface area contributed by atoms with E-state index in [1.54, 1.807) is 12.1 Å². The molecule has 3 heterocycles. The van der Waals surface area contributed by atoms with E-state index in [4.69, 9.17) is 23.2 Å². The highest BCUT2D eigenvalue weighted by Gasteiger charge is 2.36. The molecule has 0 N–H and O–H groups in total. The number of nitrogens with zero attached hydrogens (tertiary/aromatic N) is 4. The quantitative estimate of drug-likeness (QED) is 0.318. The molecular weight excluding hydrogens is 540 g/mol. The number of alkyl halides is 3. The Kier molecular flexibility index (Phi) is 6.69. The van der Waals surface area contributed by atoms with Gasteiger partial charge in [0.05, 0.1) is 26.9 Å². The normalized spacial score (nSPS) is 12.4. The van der Waals surface area contributed by atoms with Crippen LogP contribution >= 0.6 is 23.2 Å². The van der Waals surface area contributed by atoms with Crippen LogP contribution in [0.25, 0.3) is 33.8 Å². The fourth-order valence-corrected chi connectivity index (χ4v) is 5.46. The van der Waals surface area contributed by atoms with Crippen molar-refractivity contribution in [1.82, 2.24) is 19.1 Å². The van der Waals surface area contributed by atoms with Crippen LogP contribution in [-0.2, 0) is 29.6 Å². The molecule has 0 bridgehead atoms. The minimum absolute atomic E-state index is 0.0805. The van der Waals surface area contributed by atoms with Gasteiger partial charge in [-0.2, -0.15) is 13.2 Å². The molecule has 3 aromatic heterocycles. The molecule has 0 aliphatic rings. The summed E-state index contributed by atoms with van der Waals surface area (Å²) in [5.74, 6) is -0.337. The second-order valence-electron chi connectivity index (χ2n) is 7.88. The second-order valence-corrected chi connectivity index (χ2v) is 11.0. The van der Waals surface area contributed by atoms with Crippen LogP contribution in [0.2, 0.25) is 10.0 Å². The van der Waals surface area contributed by atoms with Crippen LogP contribution < -0.4 is 5.56 Å². The molecule has 36 heavy (non-hydrogen) atoms. The number of hydrogen-bond acceptors (Lipinski definition) is 5. The van der Waals surface area contributed by atoms with E-state index in [9.17, 15) is 26.4 Å². The van der Waals surface area contributed by atoms with E-state index < -0.39 is 27.3 Å². The monoisotopic (exact) mass is 558 g/mol. The van der Waals surface area contributed by atoms with Gasteiger partial charge in [0.2, 0.25) is 0 Å². The van der Waals surface area contributed by atoms with Crippen LogP contribution in [0.1, 0.15) is 19.5 Å². The highest BCUT2D eigenvalue weighted by Crippen LogP contribution is 2.35. The number of hydrogen-bond donors (Lipinski definition) is 0. The predicted molar refractivity (Wildman–Crippen MR) is 132 cm³/mol. The maximum atomic E-state index is 13.6. The van der Waals surface area contributed by atoms with Crippen LogP contribution in [0, 0.1) is 0 Å². The summed E-state index contributed by atoms with van der Waals surface area (Å²) in [6.07, 6.45) is -4.79. The van der Waals surface area contributed by atoms with Gasteiger partial charge in [-0.25, -0.2) is 18.4 Å². The number of benzene rings is 1. The summed E-state index contributed by atoms with van der Waals surface area (Å²) in [5.41, 5.74) is -1.77. The summed E-state index contributed by atoms with van der Waals surface area (Å²) >= 11 is 12.3. The molecule has 1 aromatic carbocycles. The SMILES string of the molecule is CCn1c(C(F)(F)F)cc2nc(-c3nc(-c4ccc(Cl)cc4Cl)ccc3S(=O)(=O)CC)n(C)c2c1=O. The van der Waals surface area contributed by atoms with E-state index in [0.29, 0.717) is 15.2 Å². The van der Waals surface area contributed by atoms with Crippen molar-refractivity contribution in [2.45, 2.75) is 31.5 Å². The first kappa shape index (κ1) is 26.2. The predicted octanol–water partition coefficient (Wildman–Crippen LogP) is 5.60. The third-order valence-electron chi connectivity index (χ3n) is 5.73. The molecule has 7 nitrogen and oxygen atoms in total. The lowest BCUT2D eigenvalue weighted by atomic mass is 10.1. The van der Waals surface area contributed by atoms with Crippen molar-refractivity contribution in [3.8, 4) is 22.8 Å². The Hall–Kier alpha value is -2.89. The molecule has 4 rings (SSSR count). The van der Waals surface area contributed by atoms with E-state index in [0.717, 1.165) is 6.07 Å². The zero-order valence-corrected chi connectivity index (χ0v) is 21.5. The topological polar surface area (TPSA) is 86.8 Å². The first-order valence-electron chi connectivity index (χ1n) is 10.7. The van der Waals surface area contributed by atoms with Gasteiger partial charge in [0, 0.05) is 24.2 Å². The number of sulfone groups is 1. The molecule has 0 saturated heterocycles. The lowest BCUT2D eigenvalue weighted by molar-refractivity contribution is -0.144. The minimum atomic E-state index is -4.79. The van der Waals surface area contributed by atoms with Gasteiger partial charge in [-0.15, -0.1) is 0 Å². The van der Waals surface area contributed by atoms with Gasteiger partial charge in [0.1, 0.15) is 16.9 Å². The molecule has 13 heteroatoms. The Morgan fingerprint density at radius 3 is 2.31 bits per heavy atom. The summed E-state index contributed by atoms with van der Waals surface area (Å²) in [4.78, 5) is 21.6. The third-order valence-corrected chi connectivity index (χ3v) is 8.04. The molecule has 0 aliphatic heterocycles. The van der Waals surface area contributed by atoms with Crippen molar-refractivity contribution in [3.05, 3.63) is 62.5 Å². The first-order chi connectivity index (χ1) is 16.8. The summed E-state index contributed by atoms with van der Waals surface area (Å²) < 4.78 is 68.6. The minimum Gasteiger partial charge on any atom is -0.321 e. The number of imidazole rings is 1. The molecule has 190 valence electrons. The first-order valence-corrected chi connectivity index (χ1v) is 13.1. The van der Waals surface area contributed by atoms with Crippen molar-refractivity contribution in [2.24, 2.45) is 7.05 Å². The van der Waals surface area contributed by atoms with Gasteiger partial charge in [-0.1, -0.05) is 30.1 Å². The van der Waals surface area contributed by atoms with Gasteiger partial charge in [-0.05, 0) is 43.3 Å². The molecule has 0 saturated carbocycles. The number of aryl methyl sites for hydroxylation is 1. The van der Waals surface area contributed by atoms with Crippen LogP contribution in [-0.4, -0.2) is 33.3 Å². The highest BCUT2D eigenvalue weighted by atomic mass is 35.5. The van der Waals surface area contributed by atoms with Crippen molar-refractivity contribution in [1.29, 1.82) is 0 Å². The number of rotatable bonds is 5. The number of halogens is 5. The number of aromatic nitrogens is 4. The molecule has 0 fully saturated rings. The van der Waals surface area contributed by atoms with Crippen molar-refractivity contribution < 1.29 is 21.6 Å². The van der Waals surface area contributed by atoms with Crippen LogP contribution in [0.15, 0.2) is 46.1 Å². The lowest BCUT2D eigenvalue weighted by Crippen LogP contribution is -2.28. The van der Waals surface area contributed by atoms with E-state index in [2.05, 4.69) is 9.97 Å². The maximum absolute atomic E-state index is 13.6. The Bertz CT molecular complexity index is 1680. The summed E-state index contributed by atoms with van der Waals surface area (Å²) in [6, 6.07) is 8.27. The second kappa shape index (κ2) is 9.20. The number of fused-ring (bicyclic) bond motifs is 1. The Labute approximate surface area is 214 Å². The average molecular weight is 559 g/mol. The van der Waals surface area contributed by atoms with Gasteiger partial charge in [0.15, 0.2) is 15.7 Å². The van der Waals surface area contributed by atoms with Crippen molar-refractivity contribution in [2.75, 3.05) is 5.75 Å². The van der Waals surface area contributed by atoms with Gasteiger partial charge < -0.3 is 9.13 Å². The molecule has 4 aromatic rings. The van der Waals surface area contributed by atoms with E-state index in [1.807, 2.05) is 0 Å². The molecule has 0 unspecified atom stereocenters. The zero-order valence-electron chi connectivity index (χ0n) is 19.2. The Morgan fingerprint density at radius 2 is 1.72 bits per heavy atom. The van der Waals surface area contributed by atoms with E-state index in [1.165, 1.54) is 43.7 Å². The standard InChI is InChI=1S/C23H19Cl2F3N4O3S/c1-4-32-18(23(26,27)28)11-16-20(22(32)33)31(3)21(30-16)19-17(36(34,35)5-2)9-8-15(29-19)13-7-6-12(24)10-14(13)25/h6-11H,4-5H2,1-3H3. The lowest BCUT2D eigenvalue weighted by Gasteiger charge is -2.14. The van der Waals surface area contributed by atoms with Crippen molar-refractivity contribution >= 4 is 44.1 Å². The smallest absolute Gasteiger partial charge is 0.321 e. The highest BCUT2D eigenvalue weighted by molar-refractivity contribution is 7.91. The van der Waals surface area contributed by atoms with Crippen molar-refractivity contribution in [3.63, 3.8) is 0 Å². The summed E-state index contributed by atoms with van der Waals surface area (Å²) in [6.45, 7) is 2.66. The number of pyridine rings is 2. The fourth-order valence-electron chi connectivity index (χ4n) is 3.94. The van der Waals surface area contributed by atoms with Crippen LogP contribution in [0.3, 0.4) is 0 Å². The molecular formula is C23H19Cl2F3N4O3S. The van der Waals surface area contributed by atoms with Crippen LogP contribution in [0.5, 0.6) is 0 Å². The van der Waals surface area contributed by atoms with E-state index >= 15 is 0 Å². The molecule has 0 aliphatic carbocycles.